The van der Waals surface area contributed by atoms with E-state index in [-0.39, 0.29) is 11.8 Å². The molecule has 2 N–H and O–H groups in total. The van der Waals surface area contributed by atoms with E-state index in [4.69, 9.17) is 0 Å². The maximum Gasteiger partial charge on any atom is 0.433 e. The van der Waals surface area contributed by atoms with Crippen molar-refractivity contribution < 1.29 is 13.2 Å². The van der Waals surface area contributed by atoms with Crippen molar-refractivity contribution in [3.8, 4) is 0 Å². The second-order valence-corrected chi connectivity index (χ2v) is 5.38. The molecule has 0 atom stereocenters. The molecule has 8 heteroatoms. The van der Waals surface area contributed by atoms with Gasteiger partial charge in [0.2, 0.25) is 5.95 Å². The molecule has 0 amide bonds. The first kappa shape index (κ1) is 16.5. The third-order valence-electron chi connectivity index (χ3n) is 2.88. The largest absolute Gasteiger partial charge is 0.433 e. The van der Waals surface area contributed by atoms with Crippen LogP contribution in [0.25, 0.3) is 0 Å². The van der Waals surface area contributed by atoms with Crippen LogP contribution in [0.15, 0.2) is 28.7 Å². The first-order chi connectivity index (χ1) is 10.3. The molecule has 1 aromatic heterocycles. The summed E-state index contributed by atoms with van der Waals surface area (Å²) in [6.07, 6.45) is -4.53. The molecule has 22 heavy (non-hydrogen) atoms. The first-order valence-electron chi connectivity index (χ1n) is 6.53. The molecule has 2 aromatic rings. The summed E-state index contributed by atoms with van der Waals surface area (Å²) < 4.78 is 39.6. The molecule has 1 heterocycles. The minimum Gasteiger partial charge on any atom is -0.354 e. The van der Waals surface area contributed by atoms with Gasteiger partial charge in [-0.2, -0.15) is 18.2 Å². The zero-order valence-electron chi connectivity index (χ0n) is 11.9. The van der Waals surface area contributed by atoms with E-state index in [0.717, 1.165) is 16.1 Å². The molecule has 0 fully saturated rings. The average molecular weight is 375 g/mol. The number of alkyl halides is 3. The second-order valence-electron chi connectivity index (χ2n) is 4.53. The van der Waals surface area contributed by atoms with E-state index in [1.807, 2.05) is 13.0 Å². The molecule has 2 rings (SSSR count). The standard InChI is InChI=1S/C14H14BrF3N4/c1-3-19-13-21-11(14(16,17)18)7-12(22-13)20-10-6-4-5-9(15)8(10)2/h4-7H,3H2,1-2H3,(H2,19,20,21,22). The van der Waals surface area contributed by atoms with Crippen LogP contribution in [0.3, 0.4) is 0 Å². The molecule has 0 saturated carbocycles. The highest BCUT2D eigenvalue weighted by atomic mass is 79.9. The van der Waals surface area contributed by atoms with E-state index in [1.165, 1.54) is 0 Å². The lowest BCUT2D eigenvalue weighted by Crippen LogP contribution is -2.13. The van der Waals surface area contributed by atoms with Crippen LogP contribution in [0, 0.1) is 6.92 Å². The van der Waals surface area contributed by atoms with Gasteiger partial charge in [-0.3, -0.25) is 0 Å². The quantitative estimate of drug-likeness (QED) is 0.811. The van der Waals surface area contributed by atoms with E-state index in [0.29, 0.717) is 12.2 Å². The van der Waals surface area contributed by atoms with Gasteiger partial charge in [-0.15, -0.1) is 0 Å². The number of rotatable bonds is 4. The molecular formula is C14H14BrF3N4. The van der Waals surface area contributed by atoms with Crippen molar-refractivity contribution in [2.45, 2.75) is 20.0 Å². The van der Waals surface area contributed by atoms with Gasteiger partial charge in [-0.1, -0.05) is 22.0 Å². The summed E-state index contributed by atoms with van der Waals surface area (Å²) in [6, 6.07) is 6.30. The molecular weight excluding hydrogens is 361 g/mol. The highest BCUT2D eigenvalue weighted by Crippen LogP contribution is 2.31. The van der Waals surface area contributed by atoms with Gasteiger partial charge in [0.15, 0.2) is 5.69 Å². The van der Waals surface area contributed by atoms with Crippen LogP contribution < -0.4 is 10.6 Å². The molecule has 0 aliphatic heterocycles. The zero-order chi connectivity index (χ0) is 16.3. The van der Waals surface area contributed by atoms with Crippen LogP contribution >= 0.6 is 15.9 Å². The minimum atomic E-state index is -4.53. The summed E-state index contributed by atoms with van der Waals surface area (Å²) >= 11 is 3.38. The van der Waals surface area contributed by atoms with E-state index in [9.17, 15) is 13.2 Å². The monoisotopic (exact) mass is 374 g/mol. The SMILES string of the molecule is CCNc1nc(Nc2cccc(Br)c2C)cc(C(F)(F)F)n1. The maximum absolute atomic E-state index is 12.9. The topological polar surface area (TPSA) is 49.8 Å². The highest BCUT2D eigenvalue weighted by molar-refractivity contribution is 9.10. The van der Waals surface area contributed by atoms with Crippen LogP contribution in [0.4, 0.5) is 30.6 Å². The Labute approximate surface area is 134 Å². The molecule has 0 aliphatic carbocycles. The summed E-state index contributed by atoms with van der Waals surface area (Å²) in [6.45, 7) is 4.04. The van der Waals surface area contributed by atoms with E-state index < -0.39 is 11.9 Å². The lowest BCUT2D eigenvalue weighted by molar-refractivity contribution is -0.141. The van der Waals surface area contributed by atoms with E-state index in [1.54, 1.807) is 19.1 Å². The Balaban J connectivity index is 2.41. The van der Waals surface area contributed by atoms with Crippen molar-refractivity contribution in [1.82, 2.24) is 9.97 Å². The number of anilines is 3. The number of hydrogen-bond acceptors (Lipinski definition) is 4. The van der Waals surface area contributed by atoms with Crippen molar-refractivity contribution >= 4 is 33.4 Å². The van der Waals surface area contributed by atoms with Crippen LogP contribution in [-0.4, -0.2) is 16.5 Å². The fourth-order valence-corrected chi connectivity index (χ4v) is 2.14. The van der Waals surface area contributed by atoms with Crippen molar-refractivity contribution in [1.29, 1.82) is 0 Å². The fourth-order valence-electron chi connectivity index (χ4n) is 1.77. The average Bonchev–Trinajstić information content (AvgIpc) is 2.43. The van der Waals surface area contributed by atoms with Crippen molar-refractivity contribution in [3.05, 3.63) is 40.0 Å². The third kappa shape index (κ3) is 3.88. The molecule has 0 bridgehead atoms. The second kappa shape index (κ2) is 6.51. The van der Waals surface area contributed by atoms with E-state index in [2.05, 4.69) is 36.5 Å². The molecule has 0 unspecified atom stereocenters. The van der Waals surface area contributed by atoms with Crippen LogP contribution in [0.1, 0.15) is 18.2 Å². The van der Waals surface area contributed by atoms with Gasteiger partial charge in [-0.25, -0.2) is 4.98 Å². The van der Waals surface area contributed by atoms with Crippen LogP contribution in [0.5, 0.6) is 0 Å². The van der Waals surface area contributed by atoms with Crippen molar-refractivity contribution in [2.75, 3.05) is 17.2 Å². The Hall–Kier alpha value is -1.83. The first-order valence-corrected chi connectivity index (χ1v) is 7.33. The molecule has 0 spiro atoms. The molecule has 0 radical (unpaired) electrons. The molecule has 0 aliphatic rings. The number of nitrogens with zero attached hydrogens (tertiary/aromatic N) is 2. The van der Waals surface area contributed by atoms with E-state index >= 15 is 0 Å². The van der Waals surface area contributed by atoms with Gasteiger partial charge in [-0.05, 0) is 31.5 Å². The predicted octanol–water partition coefficient (Wildman–Crippen LogP) is 4.74. The van der Waals surface area contributed by atoms with Crippen LogP contribution in [-0.2, 0) is 6.18 Å². The molecule has 0 saturated heterocycles. The van der Waals surface area contributed by atoms with Gasteiger partial charge in [0.25, 0.3) is 0 Å². The molecule has 4 nitrogen and oxygen atoms in total. The van der Waals surface area contributed by atoms with Gasteiger partial charge in [0.1, 0.15) is 5.82 Å². The summed E-state index contributed by atoms with van der Waals surface area (Å²) in [7, 11) is 0. The van der Waals surface area contributed by atoms with Crippen molar-refractivity contribution in [2.24, 2.45) is 0 Å². The summed E-state index contributed by atoms with van der Waals surface area (Å²) in [5.74, 6) is 0.0203. The Morgan fingerprint density at radius 3 is 2.59 bits per heavy atom. The highest BCUT2D eigenvalue weighted by Gasteiger charge is 2.33. The Morgan fingerprint density at radius 1 is 1.23 bits per heavy atom. The summed E-state index contributed by atoms with van der Waals surface area (Å²) in [5.41, 5.74) is 0.553. The molecule has 118 valence electrons. The normalized spacial score (nSPS) is 11.4. The summed E-state index contributed by atoms with van der Waals surface area (Å²) in [4.78, 5) is 7.53. The maximum atomic E-state index is 12.9. The van der Waals surface area contributed by atoms with Crippen LogP contribution in [0.2, 0.25) is 0 Å². The smallest absolute Gasteiger partial charge is 0.354 e. The number of halogens is 4. The number of hydrogen-bond donors (Lipinski definition) is 2. The van der Waals surface area contributed by atoms with Gasteiger partial charge < -0.3 is 10.6 Å². The predicted molar refractivity (Wildman–Crippen MR) is 83.4 cm³/mol. The minimum absolute atomic E-state index is 0.0625. The molecule has 1 aromatic carbocycles. The fraction of sp³-hybridized carbons (Fsp3) is 0.286. The number of benzene rings is 1. The number of nitrogens with one attached hydrogen (secondary N) is 2. The Morgan fingerprint density at radius 2 is 1.95 bits per heavy atom. The lowest BCUT2D eigenvalue weighted by Gasteiger charge is -2.14. The number of aromatic nitrogens is 2. The van der Waals surface area contributed by atoms with Crippen molar-refractivity contribution in [3.63, 3.8) is 0 Å². The lowest BCUT2D eigenvalue weighted by atomic mass is 10.2. The van der Waals surface area contributed by atoms with Gasteiger partial charge in [0, 0.05) is 22.8 Å². The Bertz CT molecular complexity index is 674. The Kier molecular flexibility index (Phi) is 4.90. The van der Waals surface area contributed by atoms with Gasteiger partial charge in [0.05, 0.1) is 0 Å². The third-order valence-corrected chi connectivity index (χ3v) is 3.74. The zero-order valence-corrected chi connectivity index (χ0v) is 13.5. The van der Waals surface area contributed by atoms with Gasteiger partial charge >= 0.3 is 6.18 Å². The summed E-state index contributed by atoms with van der Waals surface area (Å²) in [5, 5.41) is 5.60.